The number of aliphatic hydroxyl groups is 1. The van der Waals surface area contributed by atoms with Crippen molar-refractivity contribution in [3.63, 3.8) is 0 Å². The molecule has 2 atom stereocenters. The molecule has 0 aromatic rings. The van der Waals surface area contributed by atoms with E-state index in [9.17, 15) is 5.11 Å². The minimum absolute atomic E-state index is 0.00461. The van der Waals surface area contributed by atoms with Gasteiger partial charge in [0.25, 0.3) is 0 Å². The molecule has 2 aliphatic rings. The fourth-order valence-corrected chi connectivity index (χ4v) is 3.77. The number of ether oxygens (including phenoxy) is 2. The lowest BCUT2D eigenvalue weighted by Crippen LogP contribution is -2.47. The van der Waals surface area contributed by atoms with Gasteiger partial charge in [0, 0.05) is 25.6 Å². The first-order chi connectivity index (χ1) is 8.61. The van der Waals surface area contributed by atoms with Gasteiger partial charge in [-0.2, -0.15) is 11.8 Å². The summed E-state index contributed by atoms with van der Waals surface area (Å²) in [4.78, 5) is 0. The highest BCUT2D eigenvalue weighted by Gasteiger charge is 2.40. The van der Waals surface area contributed by atoms with Crippen LogP contribution < -0.4 is 0 Å². The van der Waals surface area contributed by atoms with Crippen molar-refractivity contribution < 1.29 is 14.6 Å². The molecule has 4 heteroatoms. The van der Waals surface area contributed by atoms with E-state index in [4.69, 9.17) is 9.47 Å². The third kappa shape index (κ3) is 3.86. The molecule has 0 aliphatic carbocycles. The average Bonchev–Trinajstić information content (AvgIpc) is 2.37. The Balaban J connectivity index is 1.85. The van der Waals surface area contributed by atoms with Crippen LogP contribution in [0, 0.1) is 5.92 Å². The van der Waals surface area contributed by atoms with Crippen LogP contribution in [-0.2, 0) is 9.47 Å². The molecule has 0 radical (unpaired) electrons. The molecule has 3 nitrogen and oxygen atoms in total. The highest BCUT2D eigenvalue weighted by molar-refractivity contribution is 7.99. The summed E-state index contributed by atoms with van der Waals surface area (Å²) >= 11 is 1.85. The van der Waals surface area contributed by atoms with Crippen LogP contribution >= 0.6 is 11.8 Å². The molecule has 2 fully saturated rings. The molecule has 0 saturated carbocycles. The summed E-state index contributed by atoms with van der Waals surface area (Å²) in [6.45, 7) is 6.78. The standard InChI is InChI=1S/C14H26O3S/c1-11(2)18-10-13(15)12-3-6-17-14(9-12)4-7-16-8-5-14/h11-13,15H,3-10H2,1-2H3. The van der Waals surface area contributed by atoms with E-state index in [0.29, 0.717) is 11.2 Å². The van der Waals surface area contributed by atoms with Crippen molar-refractivity contribution in [3.8, 4) is 0 Å². The number of hydrogen-bond donors (Lipinski definition) is 1. The first kappa shape index (κ1) is 14.6. The van der Waals surface area contributed by atoms with Gasteiger partial charge in [0.1, 0.15) is 0 Å². The van der Waals surface area contributed by atoms with Gasteiger partial charge in [0.15, 0.2) is 0 Å². The van der Waals surface area contributed by atoms with Crippen LogP contribution in [0.3, 0.4) is 0 Å². The monoisotopic (exact) mass is 274 g/mol. The molecule has 2 unspecified atom stereocenters. The van der Waals surface area contributed by atoms with Gasteiger partial charge < -0.3 is 14.6 Å². The first-order valence-corrected chi connectivity index (χ1v) is 8.17. The smallest absolute Gasteiger partial charge is 0.0730 e. The maximum Gasteiger partial charge on any atom is 0.0730 e. The first-order valence-electron chi connectivity index (χ1n) is 7.13. The Bertz CT molecular complexity index is 246. The van der Waals surface area contributed by atoms with E-state index in [1.165, 1.54) is 0 Å². The Morgan fingerprint density at radius 2 is 2.00 bits per heavy atom. The van der Waals surface area contributed by atoms with Crippen LogP contribution in [0.15, 0.2) is 0 Å². The lowest BCUT2D eigenvalue weighted by molar-refractivity contribution is -0.156. The van der Waals surface area contributed by atoms with E-state index in [1.807, 2.05) is 11.8 Å². The van der Waals surface area contributed by atoms with E-state index < -0.39 is 0 Å². The van der Waals surface area contributed by atoms with E-state index in [1.54, 1.807) is 0 Å². The van der Waals surface area contributed by atoms with Crippen LogP contribution in [-0.4, -0.2) is 47.6 Å². The summed E-state index contributed by atoms with van der Waals surface area (Å²) in [5, 5.41) is 10.9. The predicted octanol–water partition coefficient (Wildman–Crippen LogP) is 2.46. The van der Waals surface area contributed by atoms with E-state index in [0.717, 1.165) is 51.3 Å². The zero-order valence-corrected chi connectivity index (χ0v) is 12.4. The summed E-state index contributed by atoms with van der Waals surface area (Å²) in [5.41, 5.74) is 0.00461. The van der Waals surface area contributed by atoms with Crippen LogP contribution in [0.25, 0.3) is 0 Å². The van der Waals surface area contributed by atoms with E-state index in [-0.39, 0.29) is 11.7 Å². The van der Waals surface area contributed by atoms with Crippen molar-refractivity contribution in [3.05, 3.63) is 0 Å². The van der Waals surface area contributed by atoms with Gasteiger partial charge >= 0.3 is 0 Å². The van der Waals surface area contributed by atoms with Gasteiger partial charge in [-0.1, -0.05) is 13.8 Å². The molecule has 0 amide bonds. The number of hydrogen-bond acceptors (Lipinski definition) is 4. The Hall–Kier alpha value is 0.230. The molecule has 106 valence electrons. The fraction of sp³-hybridized carbons (Fsp3) is 1.00. The number of thioether (sulfide) groups is 1. The number of rotatable bonds is 4. The average molecular weight is 274 g/mol. The zero-order chi connectivity index (χ0) is 13.0. The summed E-state index contributed by atoms with van der Waals surface area (Å²) in [6, 6.07) is 0. The molecule has 2 rings (SSSR count). The lowest BCUT2D eigenvalue weighted by Gasteiger charge is -2.44. The molecular weight excluding hydrogens is 248 g/mol. The third-order valence-electron chi connectivity index (χ3n) is 4.08. The van der Waals surface area contributed by atoms with Crippen molar-refractivity contribution >= 4 is 11.8 Å². The van der Waals surface area contributed by atoms with Gasteiger partial charge in [-0.05, 0) is 36.9 Å². The molecule has 2 aliphatic heterocycles. The summed E-state index contributed by atoms with van der Waals surface area (Å²) in [6.07, 6.45) is 3.82. The third-order valence-corrected chi connectivity index (χ3v) is 5.28. The highest BCUT2D eigenvalue weighted by Crippen LogP contribution is 2.38. The molecule has 18 heavy (non-hydrogen) atoms. The van der Waals surface area contributed by atoms with E-state index in [2.05, 4.69) is 13.8 Å². The van der Waals surface area contributed by atoms with Gasteiger partial charge in [-0.25, -0.2) is 0 Å². The summed E-state index contributed by atoms with van der Waals surface area (Å²) in [5.74, 6) is 1.26. The van der Waals surface area contributed by atoms with Gasteiger partial charge in [-0.3, -0.25) is 0 Å². The molecule has 0 bridgehead atoms. The van der Waals surface area contributed by atoms with Gasteiger partial charge in [-0.15, -0.1) is 0 Å². The second-order valence-corrected chi connectivity index (χ2v) is 7.46. The highest BCUT2D eigenvalue weighted by atomic mass is 32.2. The second-order valence-electron chi connectivity index (χ2n) is 5.85. The molecule has 1 N–H and O–H groups in total. The van der Waals surface area contributed by atoms with Crippen molar-refractivity contribution in [2.75, 3.05) is 25.6 Å². The zero-order valence-electron chi connectivity index (χ0n) is 11.6. The maximum atomic E-state index is 10.3. The Kier molecular flexibility index (Phi) is 5.36. The molecule has 2 heterocycles. The van der Waals surface area contributed by atoms with Gasteiger partial charge in [0.2, 0.25) is 0 Å². The summed E-state index contributed by atoms with van der Waals surface area (Å²) < 4.78 is 11.4. The fourth-order valence-electron chi connectivity index (χ4n) is 2.91. The largest absolute Gasteiger partial charge is 0.392 e. The maximum absolute atomic E-state index is 10.3. The van der Waals surface area contributed by atoms with Gasteiger partial charge in [0.05, 0.1) is 11.7 Å². The quantitative estimate of drug-likeness (QED) is 0.855. The van der Waals surface area contributed by atoms with Crippen molar-refractivity contribution in [2.45, 2.75) is 56.5 Å². The topological polar surface area (TPSA) is 38.7 Å². The SMILES string of the molecule is CC(C)SCC(O)C1CCOC2(CCOCC2)C1. The Morgan fingerprint density at radius 1 is 1.28 bits per heavy atom. The summed E-state index contributed by atoms with van der Waals surface area (Å²) in [7, 11) is 0. The lowest BCUT2D eigenvalue weighted by atomic mass is 9.79. The second kappa shape index (κ2) is 6.60. The Morgan fingerprint density at radius 3 is 2.67 bits per heavy atom. The minimum Gasteiger partial charge on any atom is -0.392 e. The van der Waals surface area contributed by atoms with Crippen molar-refractivity contribution in [1.82, 2.24) is 0 Å². The van der Waals surface area contributed by atoms with Crippen molar-refractivity contribution in [2.24, 2.45) is 5.92 Å². The van der Waals surface area contributed by atoms with E-state index >= 15 is 0 Å². The van der Waals surface area contributed by atoms with Crippen molar-refractivity contribution in [1.29, 1.82) is 0 Å². The van der Waals surface area contributed by atoms with Crippen LogP contribution in [0.5, 0.6) is 0 Å². The Labute approximate surface area is 115 Å². The minimum atomic E-state index is -0.180. The van der Waals surface area contributed by atoms with Crippen LogP contribution in [0.4, 0.5) is 0 Å². The van der Waals surface area contributed by atoms with Crippen LogP contribution in [0.2, 0.25) is 0 Å². The molecule has 2 saturated heterocycles. The molecule has 0 aromatic carbocycles. The predicted molar refractivity (Wildman–Crippen MR) is 75.1 cm³/mol. The van der Waals surface area contributed by atoms with Crippen LogP contribution in [0.1, 0.15) is 39.5 Å². The molecular formula is C14H26O3S. The molecule has 1 spiro atoms. The molecule has 0 aromatic heterocycles. The normalized spacial score (nSPS) is 29.7. The number of aliphatic hydroxyl groups excluding tert-OH is 1.